The molecule has 4 aromatic rings. The fraction of sp³-hybridized carbons (Fsp3) is 0.143. The molecule has 176 valence electrons. The molecule has 4 rings (SSSR count). The maximum atomic E-state index is 5.52. The Bertz CT molecular complexity index is 1150. The summed E-state index contributed by atoms with van der Waals surface area (Å²) in [7, 11) is 3.29. The van der Waals surface area contributed by atoms with Gasteiger partial charge in [-0.05, 0) is 0 Å². The molecular weight excluding hydrogens is 639 g/mol. The first kappa shape index (κ1) is 25.8. The first-order valence-corrected chi connectivity index (χ1v) is 16.9. The van der Waals surface area contributed by atoms with Crippen LogP contribution in [0.3, 0.4) is 0 Å². The Kier molecular flexibility index (Phi) is 8.13. The van der Waals surface area contributed by atoms with Crippen LogP contribution in [-0.4, -0.2) is 14.2 Å². The molecule has 0 fully saturated rings. The fourth-order valence-electron chi connectivity index (χ4n) is 4.51. The van der Waals surface area contributed by atoms with Crippen molar-refractivity contribution in [3.05, 3.63) is 123 Å². The summed E-state index contributed by atoms with van der Waals surface area (Å²) in [5.41, 5.74) is 2.13. The SMILES string of the molecule is COC(OC)c1cc(Br)c(CP(Br)(c2ccccc2)(c2ccccc2)c2ccccc2)cc1Br. The van der Waals surface area contributed by atoms with E-state index in [9.17, 15) is 0 Å². The second-order valence-electron chi connectivity index (χ2n) is 8.12. The zero-order chi connectivity index (χ0) is 24.2. The normalized spacial score (nSPS) is 12.9. The minimum atomic E-state index is -3.10. The van der Waals surface area contributed by atoms with Crippen LogP contribution in [0.25, 0.3) is 0 Å². The van der Waals surface area contributed by atoms with Gasteiger partial charge in [-0.25, -0.2) is 0 Å². The van der Waals surface area contributed by atoms with Crippen molar-refractivity contribution in [3.8, 4) is 0 Å². The van der Waals surface area contributed by atoms with Gasteiger partial charge < -0.3 is 0 Å². The quantitative estimate of drug-likeness (QED) is 0.141. The van der Waals surface area contributed by atoms with E-state index < -0.39 is 11.6 Å². The second-order valence-corrected chi connectivity index (χ2v) is 18.8. The summed E-state index contributed by atoms with van der Waals surface area (Å²) in [6, 6.07) is 36.7. The van der Waals surface area contributed by atoms with E-state index in [1.165, 1.54) is 21.5 Å². The van der Waals surface area contributed by atoms with E-state index in [1.807, 2.05) is 0 Å². The van der Waals surface area contributed by atoms with Crippen molar-refractivity contribution in [1.29, 1.82) is 0 Å². The molecule has 0 radical (unpaired) electrons. The predicted octanol–water partition coefficient (Wildman–Crippen LogP) is 7.84. The van der Waals surface area contributed by atoms with Crippen LogP contribution in [0.4, 0.5) is 0 Å². The zero-order valence-electron chi connectivity index (χ0n) is 19.0. The van der Waals surface area contributed by atoms with Gasteiger partial charge in [-0.2, -0.15) is 0 Å². The molecule has 0 heterocycles. The first-order valence-electron chi connectivity index (χ1n) is 10.9. The van der Waals surface area contributed by atoms with Gasteiger partial charge in [0.05, 0.1) is 0 Å². The van der Waals surface area contributed by atoms with Crippen LogP contribution in [0.2, 0.25) is 0 Å². The van der Waals surface area contributed by atoms with Crippen molar-refractivity contribution in [2.45, 2.75) is 12.5 Å². The Morgan fingerprint density at radius 3 is 1.44 bits per heavy atom. The van der Waals surface area contributed by atoms with E-state index >= 15 is 0 Å². The Hall–Kier alpha value is -1.33. The standard InChI is InChI=1S/C28H26Br3O2P/c1-32-28(33-2)25-19-26(29)21(18-27(25)30)20-34(31,22-12-6-3-7-13-22,23-14-8-4-9-15-23)24-16-10-5-11-17-24/h3-19,28H,20H2,1-2H3. The predicted molar refractivity (Wildman–Crippen MR) is 156 cm³/mol. The first-order chi connectivity index (χ1) is 16.4. The van der Waals surface area contributed by atoms with Crippen molar-refractivity contribution in [2.24, 2.45) is 0 Å². The van der Waals surface area contributed by atoms with E-state index in [1.54, 1.807) is 14.2 Å². The fourth-order valence-corrected chi connectivity index (χ4v) is 13.5. The maximum absolute atomic E-state index is 5.52. The molecule has 0 aliphatic rings. The van der Waals surface area contributed by atoms with E-state index in [0.717, 1.165) is 20.7 Å². The molecule has 0 aliphatic heterocycles. The third-order valence-electron chi connectivity index (χ3n) is 6.20. The van der Waals surface area contributed by atoms with Crippen LogP contribution in [0.1, 0.15) is 17.4 Å². The van der Waals surface area contributed by atoms with Crippen LogP contribution >= 0.6 is 52.7 Å². The summed E-state index contributed by atoms with van der Waals surface area (Å²) in [6.45, 7) is 0. The average Bonchev–Trinajstić information content (AvgIpc) is 2.89. The van der Waals surface area contributed by atoms with E-state index in [4.69, 9.17) is 9.47 Å². The summed E-state index contributed by atoms with van der Waals surface area (Å²) >= 11 is 12.2. The minimum absolute atomic E-state index is 0.448. The van der Waals surface area contributed by atoms with Crippen molar-refractivity contribution in [2.75, 3.05) is 14.2 Å². The van der Waals surface area contributed by atoms with Gasteiger partial charge in [0.25, 0.3) is 0 Å². The van der Waals surface area contributed by atoms with Gasteiger partial charge in [0.1, 0.15) is 0 Å². The number of ether oxygens (including phenoxy) is 2. The van der Waals surface area contributed by atoms with Crippen molar-refractivity contribution < 1.29 is 9.47 Å². The summed E-state index contributed by atoms with van der Waals surface area (Å²) in [5, 5.41) is 0.744. The van der Waals surface area contributed by atoms with Gasteiger partial charge in [-0.15, -0.1) is 0 Å². The van der Waals surface area contributed by atoms with E-state index in [2.05, 4.69) is 150 Å². The number of hydrogen-bond donors (Lipinski definition) is 0. The number of hydrogen-bond acceptors (Lipinski definition) is 2. The van der Waals surface area contributed by atoms with Crippen LogP contribution < -0.4 is 15.9 Å². The molecule has 6 heteroatoms. The Balaban J connectivity index is 2.02. The van der Waals surface area contributed by atoms with Crippen molar-refractivity contribution in [3.63, 3.8) is 0 Å². The molecular formula is C28H26Br3O2P. The molecule has 0 saturated heterocycles. The van der Waals surface area contributed by atoms with Crippen molar-refractivity contribution >= 4 is 68.6 Å². The van der Waals surface area contributed by atoms with E-state index in [-0.39, 0.29) is 0 Å². The monoisotopic (exact) mass is 662 g/mol. The molecule has 0 amide bonds. The number of benzene rings is 4. The molecule has 0 aromatic heterocycles. The Morgan fingerprint density at radius 1 is 0.647 bits per heavy atom. The molecule has 0 aliphatic carbocycles. The molecule has 0 N–H and O–H groups in total. The summed E-state index contributed by atoms with van der Waals surface area (Å²) in [4.78, 5) is 0. The van der Waals surface area contributed by atoms with Gasteiger partial charge >= 0.3 is 228 Å². The molecule has 0 saturated carbocycles. The van der Waals surface area contributed by atoms with Crippen LogP contribution in [0, 0.1) is 0 Å². The van der Waals surface area contributed by atoms with Gasteiger partial charge in [0, 0.05) is 0 Å². The van der Waals surface area contributed by atoms with E-state index in [0.29, 0.717) is 0 Å². The van der Waals surface area contributed by atoms with Crippen LogP contribution in [-0.2, 0) is 15.6 Å². The number of methoxy groups -OCH3 is 2. The number of halogens is 3. The molecule has 0 bridgehead atoms. The topological polar surface area (TPSA) is 18.5 Å². The van der Waals surface area contributed by atoms with Gasteiger partial charge in [-0.1, -0.05) is 0 Å². The molecule has 4 aromatic carbocycles. The zero-order valence-corrected chi connectivity index (χ0v) is 24.6. The molecule has 0 spiro atoms. The van der Waals surface area contributed by atoms with Gasteiger partial charge in [0.2, 0.25) is 0 Å². The second kappa shape index (κ2) is 10.7. The summed E-state index contributed by atoms with van der Waals surface area (Å²) in [6.07, 6.45) is 0.338. The third-order valence-corrected chi connectivity index (χ3v) is 17.1. The summed E-state index contributed by atoms with van der Waals surface area (Å²) < 4.78 is 13.0. The Morgan fingerprint density at radius 2 is 1.06 bits per heavy atom. The molecule has 0 atom stereocenters. The molecule has 34 heavy (non-hydrogen) atoms. The molecule has 2 nitrogen and oxygen atoms in total. The van der Waals surface area contributed by atoms with Gasteiger partial charge in [-0.3, -0.25) is 0 Å². The van der Waals surface area contributed by atoms with Crippen LogP contribution in [0.15, 0.2) is 112 Å². The molecule has 0 unspecified atom stereocenters. The Labute approximate surface area is 226 Å². The third kappa shape index (κ3) is 4.59. The number of rotatable bonds is 8. The van der Waals surface area contributed by atoms with Crippen molar-refractivity contribution in [1.82, 2.24) is 0 Å². The average molecular weight is 665 g/mol. The van der Waals surface area contributed by atoms with Gasteiger partial charge in [0.15, 0.2) is 0 Å². The summed E-state index contributed by atoms with van der Waals surface area (Å²) in [5.74, 6) is 0. The van der Waals surface area contributed by atoms with Crippen LogP contribution in [0.5, 0.6) is 0 Å².